The van der Waals surface area contributed by atoms with Gasteiger partial charge in [0.15, 0.2) is 11.1 Å². The van der Waals surface area contributed by atoms with Gasteiger partial charge in [-0.25, -0.2) is 4.79 Å². The normalized spacial score (nSPS) is 32.4. The predicted molar refractivity (Wildman–Crippen MR) is 81.3 cm³/mol. The Hall–Kier alpha value is -1.59. The number of aliphatic hydroxyl groups excluding tert-OH is 2. The maximum Gasteiger partial charge on any atom is 0.351 e. The summed E-state index contributed by atoms with van der Waals surface area (Å²) in [4.78, 5) is 14.2. The second-order valence-corrected chi connectivity index (χ2v) is 5.88. The standard InChI is InChI=1S/C14H18ClN3O4/c1-4-5-14(15)11(20)10(8(3)19)22-12(14)18-7(2)6-9(16)17-13(18)21/h6,8,10-12,19-20H,1-3H3,(H2,16,17,21)/t8-,10-,11?,12-,14?/m1/s1. The highest BCUT2D eigenvalue weighted by Gasteiger charge is 2.57. The van der Waals surface area contributed by atoms with Crippen LogP contribution in [0.2, 0.25) is 0 Å². The van der Waals surface area contributed by atoms with Crippen molar-refractivity contribution < 1.29 is 14.9 Å². The molecule has 2 rings (SSSR count). The van der Waals surface area contributed by atoms with Crippen molar-refractivity contribution in [2.75, 3.05) is 5.73 Å². The minimum absolute atomic E-state index is 0.0751. The van der Waals surface area contributed by atoms with Gasteiger partial charge in [-0.1, -0.05) is 17.5 Å². The molecule has 4 N–H and O–H groups in total. The Labute approximate surface area is 132 Å². The lowest BCUT2D eigenvalue weighted by molar-refractivity contribution is -0.0777. The molecule has 0 amide bonds. The molecule has 2 unspecified atom stereocenters. The molecule has 1 fully saturated rings. The fourth-order valence-electron chi connectivity index (χ4n) is 2.58. The van der Waals surface area contributed by atoms with Crippen LogP contribution < -0.4 is 11.4 Å². The minimum Gasteiger partial charge on any atom is -0.391 e. The molecule has 0 aromatic carbocycles. The number of ether oxygens (including phenoxy) is 1. The number of halogens is 1. The number of alkyl halides is 1. The molecule has 0 bridgehead atoms. The lowest BCUT2D eigenvalue weighted by Gasteiger charge is -2.27. The van der Waals surface area contributed by atoms with Crippen LogP contribution in [0.1, 0.15) is 25.8 Å². The second-order valence-electron chi connectivity index (χ2n) is 5.26. The van der Waals surface area contributed by atoms with Crippen LogP contribution in [0.3, 0.4) is 0 Å². The molecule has 120 valence electrons. The molecular formula is C14H18ClN3O4. The molecule has 1 aromatic heterocycles. The zero-order chi connectivity index (χ0) is 16.7. The summed E-state index contributed by atoms with van der Waals surface area (Å²) in [5, 5.41) is 20.2. The Morgan fingerprint density at radius 2 is 2.27 bits per heavy atom. The van der Waals surface area contributed by atoms with Crippen molar-refractivity contribution in [1.29, 1.82) is 0 Å². The number of aliphatic hydroxyl groups is 2. The molecule has 0 radical (unpaired) electrons. The largest absolute Gasteiger partial charge is 0.391 e. The molecule has 0 saturated carbocycles. The number of nitrogens with two attached hydrogens (primary N) is 1. The number of nitrogen functional groups attached to an aromatic ring is 1. The van der Waals surface area contributed by atoms with E-state index in [1.165, 1.54) is 17.6 Å². The number of anilines is 1. The minimum atomic E-state index is -1.58. The van der Waals surface area contributed by atoms with Crippen LogP contribution in [0.5, 0.6) is 0 Å². The first-order valence-corrected chi connectivity index (χ1v) is 7.10. The Bertz CT molecular complexity index is 694. The number of aromatic nitrogens is 2. The van der Waals surface area contributed by atoms with Crippen LogP contribution in [0.25, 0.3) is 0 Å². The van der Waals surface area contributed by atoms with Crippen LogP contribution in [0, 0.1) is 18.8 Å². The zero-order valence-corrected chi connectivity index (χ0v) is 13.2. The van der Waals surface area contributed by atoms with Gasteiger partial charge < -0.3 is 20.7 Å². The van der Waals surface area contributed by atoms with E-state index < -0.39 is 35.1 Å². The molecule has 1 aliphatic rings. The number of aryl methyl sites for hydroxylation is 1. The van der Waals surface area contributed by atoms with Gasteiger partial charge in [0.05, 0.1) is 6.10 Å². The van der Waals surface area contributed by atoms with Crippen LogP contribution in [-0.2, 0) is 4.74 Å². The van der Waals surface area contributed by atoms with Crippen molar-refractivity contribution in [3.63, 3.8) is 0 Å². The lowest BCUT2D eigenvalue weighted by atomic mass is 9.96. The third kappa shape index (κ3) is 2.59. The number of rotatable bonds is 2. The van der Waals surface area contributed by atoms with Gasteiger partial charge in [0.1, 0.15) is 18.0 Å². The van der Waals surface area contributed by atoms with E-state index in [0.29, 0.717) is 5.69 Å². The van der Waals surface area contributed by atoms with Crippen LogP contribution in [-0.4, -0.2) is 43.0 Å². The molecule has 5 atom stereocenters. The summed E-state index contributed by atoms with van der Waals surface area (Å²) in [6.45, 7) is 4.66. The Morgan fingerprint density at radius 1 is 1.64 bits per heavy atom. The van der Waals surface area contributed by atoms with E-state index in [0.717, 1.165) is 0 Å². The molecule has 0 aliphatic carbocycles. The molecule has 0 spiro atoms. The van der Waals surface area contributed by atoms with E-state index >= 15 is 0 Å². The number of nitrogens with zero attached hydrogens (tertiary/aromatic N) is 2. The summed E-state index contributed by atoms with van der Waals surface area (Å²) >= 11 is 6.47. The van der Waals surface area contributed by atoms with Crippen molar-refractivity contribution >= 4 is 17.4 Å². The first-order chi connectivity index (χ1) is 10.2. The Kier molecular flexibility index (Phi) is 4.49. The van der Waals surface area contributed by atoms with Crippen molar-refractivity contribution in [2.24, 2.45) is 0 Å². The average Bonchev–Trinajstić information content (AvgIpc) is 2.63. The van der Waals surface area contributed by atoms with E-state index in [2.05, 4.69) is 16.8 Å². The SMILES string of the molecule is CC#CC1(Cl)C(O)[C@@H]([C@@H](C)O)O[C@H]1n1c(C)cc(N)nc1=O. The van der Waals surface area contributed by atoms with Gasteiger partial charge in [0, 0.05) is 5.69 Å². The van der Waals surface area contributed by atoms with Crippen LogP contribution in [0.4, 0.5) is 5.82 Å². The van der Waals surface area contributed by atoms with Gasteiger partial charge in [0.2, 0.25) is 0 Å². The van der Waals surface area contributed by atoms with Gasteiger partial charge in [-0.2, -0.15) is 4.98 Å². The van der Waals surface area contributed by atoms with Gasteiger partial charge in [-0.15, -0.1) is 5.92 Å². The summed E-state index contributed by atoms with van der Waals surface area (Å²) < 4.78 is 6.82. The highest BCUT2D eigenvalue weighted by atomic mass is 35.5. The van der Waals surface area contributed by atoms with Gasteiger partial charge in [-0.3, -0.25) is 4.57 Å². The topological polar surface area (TPSA) is 111 Å². The fraction of sp³-hybridized carbons (Fsp3) is 0.571. The van der Waals surface area contributed by atoms with Gasteiger partial charge >= 0.3 is 5.69 Å². The van der Waals surface area contributed by atoms with Crippen molar-refractivity contribution in [2.45, 2.75) is 50.2 Å². The summed E-state index contributed by atoms with van der Waals surface area (Å²) in [5.74, 6) is 5.38. The monoisotopic (exact) mass is 327 g/mol. The third-order valence-corrected chi connectivity index (χ3v) is 4.09. The van der Waals surface area contributed by atoms with Crippen LogP contribution >= 0.6 is 11.6 Å². The first-order valence-electron chi connectivity index (χ1n) is 6.72. The summed E-state index contributed by atoms with van der Waals surface area (Å²) in [7, 11) is 0. The van der Waals surface area contributed by atoms with E-state index in [1.54, 1.807) is 13.8 Å². The summed E-state index contributed by atoms with van der Waals surface area (Å²) in [6, 6.07) is 1.49. The maximum atomic E-state index is 12.2. The molecule has 2 heterocycles. The first kappa shape index (κ1) is 16.8. The second kappa shape index (κ2) is 5.89. The summed E-state index contributed by atoms with van der Waals surface area (Å²) in [6.07, 6.45) is -4.35. The third-order valence-electron chi connectivity index (χ3n) is 3.58. The highest BCUT2D eigenvalue weighted by molar-refractivity contribution is 6.27. The Balaban J connectivity index is 2.62. The van der Waals surface area contributed by atoms with Gasteiger partial charge in [-0.05, 0) is 26.8 Å². The van der Waals surface area contributed by atoms with Crippen molar-refractivity contribution in [3.8, 4) is 11.8 Å². The number of hydrogen-bond donors (Lipinski definition) is 3. The molecule has 1 aliphatic heterocycles. The van der Waals surface area contributed by atoms with Crippen molar-refractivity contribution in [1.82, 2.24) is 9.55 Å². The average molecular weight is 328 g/mol. The van der Waals surface area contributed by atoms with Gasteiger partial charge in [0.25, 0.3) is 0 Å². The molecule has 8 heteroatoms. The molecule has 22 heavy (non-hydrogen) atoms. The predicted octanol–water partition coefficient (Wildman–Crippen LogP) is -0.226. The van der Waals surface area contributed by atoms with Crippen molar-refractivity contribution in [3.05, 3.63) is 22.2 Å². The maximum absolute atomic E-state index is 12.2. The Morgan fingerprint density at radius 3 is 2.77 bits per heavy atom. The highest BCUT2D eigenvalue weighted by Crippen LogP contribution is 2.44. The van der Waals surface area contributed by atoms with Crippen LogP contribution in [0.15, 0.2) is 10.9 Å². The lowest BCUT2D eigenvalue weighted by Crippen LogP contribution is -2.45. The molecule has 7 nitrogen and oxygen atoms in total. The smallest absolute Gasteiger partial charge is 0.351 e. The number of hydrogen-bond acceptors (Lipinski definition) is 6. The van der Waals surface area contributed by atoms with E-state index in [1.807, 2.05) is 0 Å². The fourth-order valence-corrected chi connectivity index (χ4v) is 2.94. The van der Waals surface area contributed by atoms with E-state index in [4.69, 9.17) is 22.1 Å². The van der Waals surface area contributed by atoms with E-state index in [9.17, 15) is 15.0 Å². The molecular weight excluding hydrogens is 310 g/mol. The zero-order valence-electron chi connectivity index (χ0n) is 12.4. The summed E-state index contributed by atoms with van der Waals surface area (Å²) in [5.41, 5.74) is 5.34. The molecule has 1 aromatic rings. The molecule has 1 saturated heterocycles. The van der Waals surface area contributed by atoms with E-state index in [-0.39, 0.29) is 5.82 Å². The quantitative estimate of drug-likeness (QED) is 0.511.